The van der Waals surface area contributed by atoms with E-state index in [9.17, 15) is 13.2 Å². The van der Waals surface area contributed by atoms with E-state index in [1.807, 2.05) is 26.8 Å². The molecule has 0 atom stereocenters. The lowest BCUT2D eigenvalue weighted by Crippen LogP contribution is -2.40. The lowest BCUT2D eigenvalue weighted by atomic mass is 9.98. The van der Waals surface area contributed by atoms with Gasteiger partial charge in [0.1, 0.15) is 0 Å². The molecule has 0 saturated carbocycles. The van der Waals surface area contributed by atoms with Crippen LogP contribution in [-0.2, 0) is 19.6 Å². The number of ether oxygens (including phenoxy) is 1. The summed E-state index contributed by atoms with van der Waals surface area (Å²) in [6, 6.07) is 3.53. The summed E-state index contributed by atoms with van der Waals surface area (Å²) in [4.78, 5) is 12.1. The first-order valence-electron chi connectivity index (χ1n) is 8.02. The number of carbonyl (C=O) groups excluding carboxylic acids is 1. The first-order chi connectivity index (χ1) is 10.8. The van der Waals surface area contributed by atoms with E-state index in [1.54, 1.807) is 13.0 Å². The van der Waals surface area contributed by atoms with Gasteiger partial charge >= 0.3 is 5.97 Å². The number of carbonyl (C=O) groups is 1. The first-order valence-corrected chi connectivity index (χ1v) is 9.46. The van der Waals surface area contributed by atoms with E-state index in [0.717, 1.165) is 16.7 Å². The fraction of sp³-hybridized carbons (Fsp3) is 0.588. The summed E-state index contributed by atoms with van der Waals surface area (Å²) in [5, 5.41) is 0. The number of nitrogens with zero attached hydrogens (tertiary/aromatic N) is 1. The monoisotopic (exact) mass is 339 g/mol. The Labute approximate surface area is 138 Å². The van der Waals surface area contributed by atoms with Crippen LogP contribution < -0.4 is 0 Å². The van der Waals surface area contributed by atoms with E-state index < -0.39 is 10.0 Å². The minimum atomic E-state index is -3.51. The van der Waals surface area contributed by atoms with Crippen LogP contribution in [0.5, 0.6) is 0 Å². The Morgan fingerprint density at radius 1 is 1.17 bits per heavy atom. The van der Waals surface area contributed by atoms with Crippen LogP contribution in [0.25, 0.3) is 0 Å². The maximum absolute atomic E-state index is 12.9. The van der Waals surface area contributed by atoms with Gasteiger partial charge in [-0.3, -0.25) is 4.79 Å². The van der Waals surface area contributed by atoms with Gasteiger partial charge in [-0.25, -0.2) is 8.42 Å². The van der Waals surface area contributed by atoms with Crippen LogP contribution in [-0.4, -0.2) is 38.4 Å². The van der Waals surface area contributed by atoms with Gasteiger partial charge in [0.15, 0.2) is 0 Å². The van der Waals surface area contributed by atoms with Crippen molar-refractivity contribution in [2.24, 2.45) is 5.92 Å². The molecule has 6 heteroatoms. The van der Waals surface area contributed by atoms with Gasteiger partial charge < -0.3 is 4.74 Å². The molecule has 0 aromatic heterocycles. The molecule has 2 rings (SSSR count). The van der Waals surface area contributed by atoms with Gasteiger partial charge in [-0.2, -0.15) is 4.31 Å². The zero-order chi connectivity index (χ0) is 17.2. The highest BCUT2D eigenvalue weighted by atomic mass is 32.2. The summed E-state index contributed by atoms with van der Waals surface area (Å²) in [5.74, 6) is -0.408. The van der Waals surface area contributed by atoms with Gasteiger partial charge in [0.05, 0.1) is 17.4 Å². The van der Waals surface area contributed by atoms with E-state index in [1.165, 1.54) is 4.31 Å². The molecule has 0 aliphatic carbocycles. The molecule has 1 fully saturated rings. The minimum absolute atomic E-state index is 0.192. The van der Waals surface area contributed by atoms with Crippen molar-refractivity contribution in [3.8, 4) is 0 Å². The number of aryl methyl sites for hydroxylation is 1. The number of sulfonamides is 1. The molecule has 0 N–H and O–H groups in total. The van der Waals surface area contributed by atoms with Crippen LogP contribution in [0.2, 0.25) is 0 Å². The van der Waals surface area contributed by atoms with E-state index >= 15 is 0 Å². The molecular weight excluding hydrogens is 314 g/mol. The Morgan fingerprint density at radius 3 is 2.35 bits per heavy atom. The lowest BCUT2D eigenvalue weighted by Gasteiger charge is -2.30. The number of hydrogen-bond donors (Lipinski definition) is 0. The average molecular weight is 339 g/mol. The van der Waals surface area contributed by atoms with Gasteiger partial charge in [0.2, 0.25) is 10.0 Å². The quantitative estimate of drug-likeness (QED) is 0.791. The molecule has 0 radical (unpaired) electrons. The summed E-state index contributed by atoms with van der Waals surface area (Å²) in [6.45, 7) is 8.62. The maximum Gasteiger partial charge on any atom is 0.309 e. The molecule has 1 aliphatic heterocycles. The molecule has 0 unspecified atom stereocenters. The Balaban J connectivity index is 2.17. The van der Waals surface area contributed by atoms with Crippen molar-refractivity contribution < 1.29 is 17.9 Å². The lowest BCUT2D eigenvalue weighted by molar-refractivity contribution is -0.149. The third-order valence-corrected chi connectivity index (χ3v) is 6.74. The highest BCUT2D eigenvalue weighted by molar-refractivity contribution is 7.89. The smallest absolute Gasteiger partial charge is 0.309 e. The first kappa shape index (κ1) is 17.9. The van der Waals surface area contributed by atoms with E-state index in [0.29, 0.717) is 37.4 Å². The molecule has 1 saturated heterocycles. The molecule has 0 spiro atoms. The topological polar surface area (TPSA) is 63.7 Å². The van der Waals surface area contributed by atoms with E-state index in [2.05, 4.69) is 0 Å². The summed E-state index contributed by atoms with van der Waals surface area (Å²) < 4.78 is 32.3. The molecule has 0 bridgehead atoms. The van der Waals surface area contributed by atoms with Crippen molar-refractivity contribution in [3.63, 3.8) is 0 Å². The third kappa shape index (κ3) is 3.58. The maximum atomic E-state index is 12.9. The molecule has 128 valence electrons. The van der Waals surface area contributed by atoms with Crippen LogP contribution >= 0.6 is 0 Å². The zero-order valence-electron chi connectivity index (χ0n) is 14.3. The Bertz CT molecular complexity index is 689. The van der Waals surface area contributed by atoms with Crippen LogP contribution in [0.1, 0.15) is 36.5 Å². The van der Waals surface area contributed by atoms with Gasteiger partial charge in [0, 0.05) is 13.1 Å². The van der Waals surface area contributed by atoms with Crippen LogP contribution in [0.15, 0.2) is 17.0 Å². The van der Waals surface area contributed by atoms with Gasteiger partial charge in [-0.05, 0) is 63.3 Å². The van der Waals surface area contributed by atoms with E-state index in [4.69, 9.17) is 4.74 Å². The number of piperidine rings is 1. The van der Waals surface area contributed by atoms with Crippen LogP contribution in [0.3, 0.4) is 0 Å². The Morgan fingerprint density at radius 2 is 1.78 bits per heavy atom. The summed E-state index contributed by atoms with van der Waals surface area (Å²) in [6.07, 6.45) is 1.03. The van der Waals surface area contributed by atoms with Crippen molar-refractivity contribution >= 4 is 16.0 Å². The molecule has 1 aromatic rings. The molecule has 23 heavy (non-hydrogen) atoms. The van der Waals surface area contributed by atoms with Gasteiger partial charge in [-0.1, -0.05) is 6.07 Å². The molecule has 1 heterocycles. The number of rotatable bonds is 4. The second-order valence-corrected chi connectivity index (χ2v) is 7.97. The summed E-state index contributed by atoms with van der Waals surface area (Å²) in [5.41, 5.74) is 2.90. The fourth-order valence-electron chi connectivity index (χ4n) is 2.94. The largest absolute Gasteiger partial charge is 0.466 e. The van der Waals surface area contributed by atoms with Crippen molar-refractivity contribution in [1.29, 1.82) is 0 Å². The highest BCUT2D eigenvalue weighted by Crippen LogP contribution is 2.28. The van der Waals surface area contributed by atoms with Crippen molar-refractivity contribution in [1.82, 2.24) is 4.31 Å². The minimum Gasteiger partial charge on any atom is -0.466 e. The predicted octanol–water partition coefficient (Wildman–Crippen LogP) is 2.58. The van der Waals surface area contributed by atoms with E-state index in [-0.39, 0.29) is 11.9 Å². The molecule has 5 nitrogen and oxygen atoms in total. The van der Waals surface area contributed by atoms with Crippen molar-refractivity contribution in [3.05, 3.63) is 28.8 Å². The summed E-state index contributed by atoms with van der Waals surface area (Å²) >= 11 is 0. The number of benzene rings is 1. The standard InChI is InChI=1S/C17H25NO4S/c1-5-22-17(19)15-8-10-18(11-9-15)23(20,21)16-7-6-12(2)13(3)14(16)4/h6-7,15H,5,8-11H2,1-4H3. The molecule has 0 amide bonds. The molecular formula is C17H25NO4S. The average Bonchev–Trinajstić information content (AvgIpc) is 2.53. The number of esters is 1. The van der Waals surface area contributed by atoms with Crippen molar-refractivity contribution in [2.75, 3.05) is 19.7 Å². The molecule has 1 aromatic carbocycles. The SMILES string of the molecule is CCOC(=O)C1CCN(S(=O)(=O)c2ccc(C)c(C)c2C)CC1. The fourth-order valence-corrected chi connectivity index (χ4v) is 4.69. The number of hydrogen-bond acceptors (Lipinski definition) is 4. The Kier molecular flexibility index (Phi) is 5.47. The predicted molar refractivity (Wildman–Crippen MR) is 88.8 cm³/mol. The zero-order valence-corrected chi connectivity index (χ0v) is 15.1. The highest BCUT2D eigenvalue weighted by Gasteiger charge is 2.33. The van der Waals surface area contributed by atoms with Gasteiger partial charge in [0.25, 0.3) is 0 Å². The van der Waals surface area contributed by atoms with Crippen molar-refractivity contribution in [2.45, 2.75) is 45.4 Å². The second kappa shape index (κ2) is 7.01. The normalized spacial score (nSPS) is 17.2. The van der Waals surface area contributed by atoms with Crippen LogP contribution in [0, 0.1) is 26.7 Å². The summed E-state index contributed by atoms with van der Waals surface area (Å²) in [7, 11) is -3.51. The third-order valence-electron chi connectivity index (χ3n) is 4.70. The Hall–Kier alpha value is -1.40. The molecule has 1 aliphatic rings. The second-order valence-electron chi connectivity index (χ2n) is 6.06. The van der Waals surface area contributed by atoms with Gasteiger partial charge in [-0.15, -0.1) is 0 Å². The van der Waals surface area contributed by atoms with Crippen LogP contribution in [0.4, 0.5) is 0 Å².